The summed E-state index contributed by atoms with van der Waals surface area (Å²) in [6.45, 7) is 1.45. The minimum atomic E-state index is -3.80. The van der Waals surface area contributed by atoms with E-state index in [1.165, 1.54) is 43.0 Å². The Morgan fingerprint density at radius 1 is 1.21 bits per heavy atom. The zero-order chi connectivity index (χ0) is 20.7. The lowest BCUT2D eigenvalue weighted by Crippen LogP contribution is -2.30. The summed E-state index contributed by atoms with van der Waals surface area (Å²) in [6, 6.07) is 12.7. The van der Waals surface area contributed by atoms with Gasteiger partial charge < -0.3 is 10.1 Å². The summed E-state index contributed by atoms with van der Waals surface area (Å²) in [5.41, 5.74) is 1.34. The molecule has 0 saturated carbocycles. The molecule has 0 radical (unpaired) electrons. The van der Waals surface area contributed by atoms with Gasteiger partial charge in [-0.2, -0.15) is 0 Å². The molecule has 0 bridgehead atoms. The molecule has 3 N–H and O–H groups in total. The number of nitrogens with two attached hydrogens (primary N) is 1. The van der Waals surface area contributed by atoms with Crippen molar-refractivity contribution >= 4 is 50.9 Å². The lowest BCUT2D eigenvalue weighted by molar-refractivity contribution is -0.150. The molecule has 2 aromatic carbocycles. The van der Waals surface area contributed by atoms with Crippen LogP contribution in [0, 0.1) is 0 Å². The Hall–Kier alpha value is -2.07. The summed E-state index contributed by atoms with van der Waals surface area (Å²) in [4.78, 5) is 23.9. The summed E-state index contributed by atoms with van der Waals surface area (Å²) in [5, 5.41) is 8.18. The number of primary sulfonamides is 1. The third-order valence-electron chi connectivity index (χ3n) is 3.51. The van der Waals surface area contributed by atoms with E-state index in [4.69, 9.17) is 21.5 Å². The number of hydrogen-bond acceptors (Lipinski definition) is 6. The Kier molecular flexibility index (Phi) is 7.88. The van der Waals surface area contributed by atoms with E-state index in [1.807, 2.05) is 18.2 Å². The van der Waals surface area contributed by atoms with Gasteiger partial charge >= 0.3 is 5.97 Å². The quantitative estimate of drug-likeness (QED) is 0.607. The zero-order valence-electron chi connectivity index (χ0n) is 14.9. The molecular formula is C18H19ClN2O5S2. The number of halogens is 1. The van der Waals surface area contributed by atoms with Crippen LogP contribution in [-0.2, 0) is 30.1 Å². The second kappa shape index (κ2) is 9.92. The number of amides is 1. The van der Waals surface area contributed by atoms with Crippen molar-refractivity contribution in [3.05, 3.63) is 59.1 Å². The summed E-state index contributed by atoms with van der Waals surface area (Å²) < 4.78 is 27.5. The van der Waals surface area contributed by atoms with Crippen molar-refractivity contribution in [2.45, 2.75) is 23.7 Å². The highest BCUT2D eigenvalue weighted by atomic mass is 35.5. The molecule has 10 heteroatoms. The molecule has 1 amide bonds. The fraction of sp³-hybridized carbons (Fsp3) is 0.222. The molecule has 1 atom stereocenters. The predicted molar refractivity (Wildman–Crippen MR) is 110 cm³/mol. The van der Waals surface area contributed by atoms with Crippen LogP contribution in [0.15, 0.2) is 53.4 Å². The van der Waals surface area contributed by atoms with Gasteiger partial charge in [0, 0.05) is 16.5 Å². The fourth-order valence-electron chi connectivity index (χ4n) is 2.14. The standard InChI is InChI=1S/C18H19ClN2O5S2/c1-12(18(23)21-15-5-7-16(8-6-15)28(20,24)25)26-17(22)11-27-10-13-3-2-4-14(19)9-13/h2-9,12H,10-11H2,1H3,(H,21,23)(H2,20,24,25). The molecule has 0 aliphatic rings. The lowest BCUT2D eigenvalue weighted by atomic mass is 10.2. The van der Waals surface area contributed by atoms with Crippen molar-refractivity contribution in [3.8, 4) is 0 Å². The van der Waals surface area contributed by atoms with Gasteiger partial charge in [0.25, 0.3) is 5.91 Å². The minimum absolute atomic E-state index is 0.0679. The molecule has 2 aromatic rings. The van der Waals surface area contributed by atoms with Gasteiger partial charge in [0.15, 0.2) is 6.10 Å². The van der Waals surface area contributed by atoms with Crippen molar-refractivity contribution in [1.29, 1.82) is 0 Å². The summed E-state index contributed by atoms with van der Waals surface area (Å²) in [7, 11) is -3.80. The second-order valence-corrected chi connectivity index (χ2v) is 8.80. The maximum atomic E-state index is 12.1. The van der Waals surface area contributed by atoms with Gasteiger partial charge in [-0.25, -0.2) is 13.6 Å². The SMILES string of the molecule is CC(OC(=O)CSCc1cccc(Cl)c1)C(=O)Nc1ccc(S(N)(=O)=O)cc1. The van der Waals surface area contributed by atoms with Gasteiger partial charge in [0.2, 0.25) is 10.0 Å². The Bertz CT molecular complexity index is 949. The van der Waals surface area contributed by atoms with E-state index in [0.717, 1.165) is 5.56 Å². The second-order valence-electron chi connectivity index (χ2n) is 5.81. The highest BCUT2D eigenvalue weighted by Gasteiger charge is 2.18. The van der Waals surface area contributed by atoms with E-state index in [2.05, 4.69) is 5.32 Å². The van der Waals surface area contributed by atoms with E-state index in [1.54, 1.807) is 6.07 Å². The molecule has 0 aliphatic heterocycles. The van der Waals surface area contributed by atoms with Crippen LogP contribution in [0.3, 0.4) is 0 Å². The molecule has 0 saturated heterocycles. The molecule has 0 fully saturated rings. The van der Waals surface area contributed by atoms with Gasteiger partial charge in [-0.1, -0.05) is 23.7 Å². The maximum Gasteiger partial charge on any atom is 0.316 e. The van der Waals surface area contributed by atoms with Gasteiger partial charge in [0.1, 0.15) is 0 Å². The number of rotatable bonds is 8. The number of esters is 1. The van der Waals surface area contributed by atoms with Crippen molar-refractivity contribution in [2.75, 3.05) is 11.1 Å². The number of ether oxygens (including phenoxy) is 1. The first-order chi connectivity index (χ1) is 13.1. The normalized spacial score (nSPS) is 12.2. The number of sulfonamides is 1. The van der Waals surface area contributed by atoms with E-state index < -0.39 is 28.0 Å². The first-order valence-corrected chi connectivity index (χ1v) is 11.2. The molecule has 0 aromatic heterocycles. The molecule has 0 spiro atoms. The van der Waals surface area contributed by atoms with Gasteiger partial charge in [-0.15, -0.1) is 11.8 Å². The lowest BCUT2D eigenvalue weighted by Gasteiger charge is -2.13. The van der Waals surface area contributed by atoms with Crippen molar-refractivity contribution < 1.29 is 22.7 Å². The van der Waals surface area contributed by atoms with Crippen LogP contribution in [0.2, 0.25) is 5.02 Å². The summed E-state index contributed by atoms with van der Waals surface area (Å²) >= 11 is 7.26. The first-order valence-electron chi connectivity index (χ1n) is 8.10. The first kappa shape index (κ1) is 22.2. The molecule has 7 nitrogen and oxygen atoms in total. The fourth-order valence-corrected chi connectivity index (χ4v) is 3.62. The number of carbonyl (C=O) groups is 2. The third-order valence-corrected chi connectivity index (χ3v) is 5.65. The maximum absolute atomic E-state index is 12.1. The van der Waals surface area contributed by atoms with E-state index in [9.17, 15) is 18.0 Å². The van der Waals surface area contributed by atoms with Gasteiger partial charge in [-0.05, 0) is 48.9 Å². The van der Waals surface area contributed by atoms with Crippen LogP contribution in [0.1, 0.15) is 12.5 Å². The highest BCUT2D eigenvalue weighted by Crippen LogP contribution is 2.17. The zero-order valence-corrected chi connectivity index (χ0v) is 17.3. The number of benzene rings is 2. The van der Waals surface area contributed by atoms with Crippen molar-refractivity contribution in [2.24, 2.45) is 5.14 Å². The Balaban J connectivity index is 1.78. The Morgan fingerprint density at radius 2 is 1.89 bits per heavy atom. The highest BCUT2D eigenvalue weighted by molar-refractivity contribution is 7.99. The van der Waals surface area contributed by atoms with Crippen LogP contribution in [-0.4, -0.2) is 32.2 Å². The monoisotopic (exact) mass is 442 g/mol. The van der Waals surface area contributed by atoms with Crippen LogP contribution in [0.4, 0.5) is 5.69 Å². The molecule has 150 valence electrons. The van der Waals surface area contributed by atoms with Crippen molar-refractivity contribution in [3.63, 3.8) is 0 Å². The largest absolute Gasteiger partial charge is 0.452 e. The van der Waals surface area contributed by atoms with Crippen LogP contribution < -0.4 is 10.5 Å². The molecule has 0 heterocycles. The van der Waals surface area contributed by atoms with E-state index in [0.29, 0.717) is 16.5 Å². The number of carbonyl (C=O) groups excluding carboxylic acids is 2. The Labute approximate surface area is 172 Å². The minimum Gasteiger partial charge on any atom is -0.452 e. The van der Waals surface area contributed by atoms with E-state index in [-0.39, 0.29) is 10.6 Å². The smallest absolute Gasteiger partial charge is 0.316 e. The number of hydrogen-bond donors (Lipinski definition) is 2. The van der Waals surface area contributed by atoms with Gasteiger partial charge in [0.05, 0.1) is 10.6 Å². The third kappa shape index (κ3) is 7.16. The molecule has 1 unspecified atom stereocenters. The number of thioether (sulfide) groups is 1. The van der Waals surface area contributed by atoms with Gasteiger partial charge in [-0.3, -0.25) is 9.59 Å². The Morgan fingerprint density at radius 3 is 2.50 bits per heavy atom. The summed E-state index contributed by atoms with van der Waals surface area (Å²) in [5.74, 6) is -0.365. The molecule has 2 rings (SSSR count). The summed E-state index contributed by atoms with van der Waals surface area (Å²) in [6.07, 6.45) is -1.00. The molecule has 28 heavy (non-hydrogen) atoms. The van der Waals surface area contributed by atoms with Crippen LogP contribution in [0.5, 0.6) is 0 Å². The number of nitrogens with one attached hydrogen (secondary N) is 1. The van der Waals surface area contributed by atoms with E-state index >= 15 is 0 Å². The predicted octanol–water partition coefficient (Wildman–Crippen LogP) is 2.79. The van der Waals surface area contributed by atoms with Crippen molar-refractivity contribution in [1.82, 2.24) is 0 Å². The molecular weight excluding hydrogens is 424 g/mol. The van der Waals surface area contributed by atoms with Crippen LogP contribution >= 0.6 is 23.4 Å². The number of anilines is 1. The topological polar surface area (TPSA) is 116 Å². The van der Waals surface area contributed by atoms with Crippen LogP contribution in [0.25, 0.3) is 0 Å². The average molecular weight is 443 g/mol. The molecule has 0 aliphatic carbocycles. The average Bonchev–Trinajstić information content (AvgIpc) is 2.61.